The van der Waals surface area contributed by atoms with Gasteiger partial charge in [-0.05, 0) is 25.0 Å². The number of nitrogens with one attached hydrogen (secondary N) is 1. The van der Waals surface area contributed by atoms with Crippen molar-refractivity contribution in [3.8, 4) is 5.82 Å². The maximum atomic E-state index is 12.4. The summed E-state index contributed by atoms with van der Waals surface area (Å²) in [4.78, 5) is 31.3. The lowest BCUT2D eigenvalue weighted by molar-refractivity contribution is -0.120. The number of imidazole rings is 1. The fraction of sp³-hybridized carbons (Fsp3) is 0.278. The molecule has 1 aliphatic rings. The number of piperidine rings is 1. The molecule has 1 N–H and O–H groups in total. The van der Waals surface area contributed by atoms with E-state index >= 15 is 0 Å². The Balaban J connectivity index is 1.38. The van der Waals surface area contributed by atoms with Gasteiger partial charge in [0, 0.05) is 55.5 Å². The molecule has 1 saturated heterocycles. The molecule has 0 bridgehead atoms. The molecular weight excluding hydrogens is 330 g/mol. The molecule has 1 amide bonds. The Morgan fingerprint density at radius 2 is 1.81 bits per heavy atom. The van der Waals surface area contributed by atoms with Crippen LogP contribution in [0.2, 0.25) is 0 Å². The van der Waals surface area contributed by atoms with E-state index in [1.54, 1.807) is 43.4 Å². The molecule has 0 aromatic carbocycles. The molecule has 26 heavy (non-hydrogen) atoms. The lowest BCUT2D eigenvalue weighted by Crippen LogP contribution is -2.38. The van der Waals surface area contributed by atoms with Crippen molar-refractivity contribution in [1.29, 1.82) is 0 Å². The average molecular weight is 349 g/mol. The standard InChI is InChI=1S/C18H19N7O/c26-18(23-15-1-5-19-6-2-15)14-3-8-24(9-4-14)16-11-17(22-12-21-16)25-10-7-20-13-25/h1-2,5-7,10-14H,3-4,8-9H2,(H,19,23,26). The van der Waals surface area contributed by atoms with E-state index in [1.165, 1.54) is 0 Å². The van der Waals surface area contributed by atoms with Crippen molar-refractivity contribution in [1.82, 2.24) is 24.5 Å². The van der Waals surface area contributed by atoms with Crippen LogP contribution in [0.15, 0.2) is 55.6 Å². The summed E-state index contributed by atoms with van der Waals surface area (Å²) in [6, 6.07) is 5.54. The van der Waals surface area contributed by atoms with Crippen LogP contribution in [-0.4, -0.2) is 43.5 Å². The second kappa shape index (κ2) is 7.30. The minimum Gasteiger partial charge on any atom is -0.356 e. The molecule has 3 aromatic rings. The summed E-state index contributed by atoms with van der Waals surface area (Å²) in [6.45, 7) is 1.57. The summed E-state index contributed by atoms with van der Waals surface area (Å²) >= 11 is 0. The van der Waals surface area contributed by atoms with Gasteiger partial charge in [-0.15, -0.1) is 0 Å². The predicted octanol–water partition coefficient (Wildman–Crippen LogP) is 1.91. The predicted molar refractivity (Wildman–Crippen MR) is 97.0 cm³/mol. The third kappa shape index (κ3) is 3.53. The number of hydrogen-bond acceptors (Lipinski definition) is 6. The first-order valence-corrected chi connectivity index (χ1v) is 8.56. The van der Waals surface area contributed by atoms with Crippen LogP contribution in [0.25, 0.3) is 5.82 Å². The Labute approximate surface area is 150 Å². The number of pyridine rings is 1. The van der Waals surface area contributed by atoms with E-state index in [-0.39, 0.29) is 11.8 Å². The zero-order valence-electron chi connectivity index (χ0n) is 14.2. The van der Waals surface area contributed by atoms with Crippen molar-refractivity contribution in [3.63, 3.8) is 0 Å². The maximum Gasteiger partial charge on any atom is 0.227 e. The SMILES string of the molecule is O=C(Nc1ccncc1)C1CCN(c2cc(-n3ccnc3)ncn2)CC1. The molecule has 0 unspecified atom stereocenters. The van der Waals surface area contributed by atoms with Crippen LogP contribution in [0.5, 0.6) is 0 Å². The first-order valence-electron chi connectivity index (χ1n) is 8.56. The van der Waals surface area contributed by atoms with E-state index in [4.69, 9.17) is 0 Å². The van der Waals surface area contributed by atoms with Crippen molar-refractivity contribution >= 4 is 17.4 Å². The van der Waals surface area contributed by atoms with E-state index < -0.39 is 0 Å². The smallest absolute Gasteiger partial charge is 0.227 e. The number of hydrogen-bond donors (Lipinski definition) is 1. The van der Waals surface area contributed by atoms with Gasteiger partial charge in [-0.3, -0.25) is 14.3 Å². The number of rotatable bonds is 4. The highest BCUT2D eigenvalue weighted by molar-refractivity contribution is 5.92. The van der Waals surface area contributed by atoms with Gasteiger partial charge in [0.2, 0.25) is 5.91 Å². The highest BCUT2D eigenvalue weighted by Crippen LogP contribution is 2.23. The molecule has 3 aromatic heterocycles. The van der Waals surface area contributed by atoms with Gasteiger partial charge in [-0.25, -0.2) is 15.0 Å². The maximum absolute atomic E-state index is 12.4. The van der Waals surface area contributed by atoms with E-state index in [0.717, 1.165) is 43.3 Å². The molecule has 1 aliphatic heterocycles. The molecule has 0 radical (unpaired) electrons. The highest BCUT2D eigenvalue weighted by atomic mass is 16.1. The van der Waals surface area contributed by atoms with E-state index in [2.05, 4.69) is 30.2 Å². The molecule has 132 valence electrons. The largest absolute Gasteiger partial charge is 0.356 e. The third-order valence-electron chi connectivity index (χ3n) is 4.54. The molecule has 4 heterocycles. The van der Waals surface area contributed by atoms with Crippen LogP contribution in [0, 0.1) is 5.92 Å². The number of nitrogens with zero attached hydrogens (tertiary/aromatic N) is 6. The molecule has 8 heteroatoms. The number of anilines is 2. The van der Waals surface area contributed by atoms with Crippen LogP contribution < -0.4 is 10.2 Å². The minimum absolute atomic E-state index is 0.00868. The Hall–Kier alpha value is -3.29. The second-order valence-electron chi connectivity index (χ2n) is 6.19. The van der Waals surface area contributed by atoms with Gasteiger partial charge in [0.25, 0.3) is 0 Å². The Morgan fingerprint density at radius 3 is 2.54 bits per heavy atom. The fourth-order valence-electron chi connectivity index (χ4n) is 3.10. The second-order valence-corrected chi connectivity index (χ2v) is 6.19. The van der Waals surface area contributed by atoms with Crippen molar-refractivity contribution < 1.29 is 4.79 Å². The molecule has 0 aliphatic carbocycles. The molecule has 1 fully saturated rings. The van der Waals surface area contributed by atoms with Crippen molar-refractivity contribution in [2.45, 2.75) is 12.8 Å². The van der Waals surface area contributed by atoms with E-state index in [1.807, 2.05) is 16.8 Å². The van der Waals surface area contributed by atoms with Crippen LogP contribution in [-0.2, 0) is 4.79 Å². The summed E-state index contributed by atoms with van der Waals surface area (Å²) in [5.74, 6) is 1.73. The van der Waals surface area contributed by atoms with Crippen LogP contribution in [0.3, 0.4) is 0 Å². The first kappa shape index (κ1) is 16.2. The van der Waals surface area contributed by atoms with Gasteiger partial charge < -0.3 is 10.2 Å². The number of amides is 1. The third-order valence-corrected chi connectivity index (χ3v) is 4.54. The highest BCUT2D eigenvalue weighted by Gasteiger charge is 2.26. The van der Waals surface area contributed by atoms with Gasteiger partial charge >= 0.3 is 0 Å². The van der Waals surface area contributed by atoms with Crippen LogP contribution in [0.4, 0.5) is 11.5 Å². The average Bonchev–Trinajstić information content (AvgIpc) is 3.24. The molecule has 8 nitrogen and oxygen atoms in total. The Bertz CT molecular complexity index is 858. The van der Waals surface area contributed by atoms with E-state index in [0.29, 0.717) is 0 Å². The summed E-state index contributed by atoms with van der Waals surface area (Å²) < 4.78 is 1.85. The van der Waals surface area contributed by atoms with Crippen LogP contribution in [0.1, 0.15) is 12.8 Å². The van der Waals surface area contributed by atoms with Gasteiger partial charge in [0.15, 0.2) is 0 Å². The number of aromatic nitrogens is 5. The Kier molecular flexibility index (Phi) is 4.55. The number of carbonyl (C=O) groups excluding carboxylic acids is 1. The van der Waals surface area contributed by atoms with Crippen LogP contribution >= 0.6 is 0 Å². The lowest BCUT2D eigenvalue weighted by Gasteiger charge is -2.32. The minimum atomic E-state index is 0.00868. The van der Waals surface area contributed by atoms with Crippen molar-refractivity contribution in [2.24, 2.45) is 5.92 Å². The number of carbonyl (C=O) groups is 1. The van der Waals surface area contributed by atoms with Gasteiger partial charge in [0.05, 0.1) is 0 Å². The summed E-state index contributed by atoms with van der Waals surface area (Å²) in [5.41, 5.74) is 0.785. The van der Waals surface area contributed by atoms with Gasteiger partial charge in [0.1, 0.15) is 24.3 Å². The Morgan fingerprint density at radius 1 is 1.04 bits per heavy atom. The summed E-state index contributed by atoms with van der Waals surface area (Å²) in [7, 11) is 0. The zero-order chi connectivity index (χ0) is 17.8. The summed E-state index contributed by atoms with van der Waals surface area (Å²) in [5, 5.41) is 2.96. The topological polar surface area (TPSA) is 88.8 Å². The van der Waals surface area contributed by atoms with E-state index in [9.17, 15) is 4.79 Å². The van der Waals surface area contributed by atoms with Crippen molar-refractivity contribution in [3.05, 3.63) is 55.6 Å². The lowest BCUT2D eigenvalue weighted by atomic mass is 9.96. The van der Waals surface area contributed by atoms with Crippen molar-refractivity contribution in [2.75, 3.05) is 23.3 Å². The normalized spacial score (nSPS) is 15.0. The summed E-state index contributed by atoms with van der Waals surface area (Å²) in [6.07, 6.45) is 11.8. The van der Waals surface area contributed by atoms with Gasteiger partial charge in [-0.2, -0.15) is 0 Å². The monoisotopic (exact) mass is 349 g/mol. The zero-order valence-corrected chi connectivity index (χ0v) is 14.2. The molecule has 0 saturated carbocycles. The fourth-order valence-corrected chi connectivity index (χ4v) is 3.10. The molecular formula is C18H19N7O. The van der Waals surface area contributed by atoms with Gasteiger partial charge in [-0.1, -0.05) is 0 Å². The molecule has 4 rings (SSSR count). The first-order chi connectivity index (χ1) is 12.8. The molecule has 0 spiro atoms. The molecule has 0 atom stereocenters. The quantitative estimate of drug-likeness (QED) is 0.774.